The van der Waals surface area contributed by atoms with Gasteiger partial charge in [0.25, 0.3) is 0 Å². The molecule has 1 aliphatic heterocycles. The number of nitrogens with one attached hydrogen (secondary N) is 2. The van der Waals surface area contributed by atoms with Crippen LogP contribution in [0.4, 0.5) is 10.5 Å². The molecule has 2 amide bonds. The summed E-state index contributed by atoms with van der Waals surface area (Å²) in [4.78, 5) is 23.9. The Bertz CT molecular complexity index is 571. The Morgan fingerprint density at radius 3 is 2.87 bits per heavy atom. The first-order chi connectivity index (χ1) is 11.0. The summed E-state index contributed by atoms with van der Waals surface area (Å²) in [5.41, 5.74) is 0.702. The standard InChI is InChI=1S/C16H21ClN2O4/c1-10(2)23-15(20)13-7-12(3-4-14(13)17)19-16(21)18-8-11-5-6-22-9-11/h3-4,7,10-11H,5-6,8-9H2,1-2H3,(H2,18,19,21)/t11-/m1/s1. The molecule has 0 spiro atoms. The lowest BCUT2D eigenvalue weighted by atomic mass is 10.1. The Morgan fingerprint density at radius 2 is 2.22 bits per heavy atom. The fourth-order valence-corrected chi connectivity index (χ4v) is 2.39. The van der Waals surface area contributed by atoms with Crippen LogP contribution in [0.2, 0.25) is 5.02 Å². The van der Waals surface area contributed by atoms with Crippen LogP contribution in [0.25, 0.3) is 0 Å². The molecule has 1 heterocycles. The maximum atomic E-state index is 12.0. The monoisotopic (exact) mass is 340 g/mol. The molecule has 0 aliphatic carbocycles. The first-order valence-electron chi connectivity index (χ1n) is 7.59. The van der Waals surface area contributed by atoms with Crippen molar-refractivity contribution in [1.29, 1.82) is 0 Å². The minimum absolute atomic E-state index is 0.224. The molecule has 23 heavy (non-hydrogen) atoms. The predicted molar refractivity (Wildman–Crippen MR) is 88.0 cm³/mol. The van der Waals surface area contributed by atoms with Gasteiger partial charge in [0.1, 0.15) is 0 Å². The highest BCUT2D eigenvalue weighted by Crippen LogP contribution is 2.22. The van der Waals surface area contributed by atoms with E-state index in [0.717, 1.165) is 13.0 Å². The molecule has 0 aromatic heterocycles. The van der Waals surface area contributed by atoms with Gasteiger partial charge >= 0.3 is 12.0 Å². The highest BCUT2D eigenvalue weighted by atomic mass is 35.5. The SMILES string of the molecule is CC(C)OC(=O)c1cc(NC(=O)NC[C@H]2CCOC2)ccc1Cl. The van der Waals surface area contributed by atoms with Crippen molar-refractivity contribution in [2.75, 3.05) is 25.1 Å². The van der Waals surface area contributed by atoms with E-state index < -0.39 is 5.97 Å². The van der Waals surface area contributed by atoms with Crippen molar-refractivity contribution in [2.45, 2.75) is 26.4 Å². The third-order valence-corrected chi connectivity index (χ3v) is 3.69. The lowest BCUT2D eigenvalue weighted by Gasteiger charge is -2.13. The Balaban J connectivity index is 1.94. The first-order valence-corrected chi connectivity index (χ1v) is 7.96. The van der Waals surface area contributed by atoms with Crippen LogP contribution in [0.1, 0.15) is 30.6 Å². The first kappa shape index (κ1) is 17.6. The zero-order chi connectivity index (χ0) is 16.8. The van der Waals surface area contributed by atoms with Crippen LogP contribution in [-0.4, -0.2) is 37.9 Å². The fourth-order valence-electron chi connectivity index (χ4n) is 2.19. The van der Waals surface area contributed by atoms with Crippen molar-refractivity contribution in [1.82, 2.24) is 5.32 Å². The minimum atomic E-state index is -0.517. The second kappa shape index (κ2) is 8.17. The third-order valence-electron chi connectivity index (χ3n) is 3.36. The topological polar surface area (TPSA) is 76.7 Å². The average molecular weight is 341 g/mol. The number of carbonyl (C=O) groups is 2. The molecule has 0 radical (unpaired) electrons. The number of esters is 1. The molecule has 2 N–H and O–H groups in total. The number of hydrogen-bond acceptors (Lipinski definition) is 4. The molecule has 1 aliphatic rings. The van der Waals surface area contributed by atoms with Gasteiger partial charge in [-0.1, -0.05) is 11.6 Å². The predicted octanol–water partition coefficient (Wildman–Crippen LogP) is 3.06. The van der Waals surface area contributed by atoms with Gasteiger partial charge in [0.05, 0.1) is 23.3 Å². The van der Waals surface area contributed by atoms with Gasteiger partial charge in [0, 0.05) is 24.8 Å². The number of anilines is 1. The van der Waals surface area contributed by atoms with Gasteiger partial charge in [0.15, 0.2) is 0 Å². The summed E-state index contributed by atoms with van der Waals surface area (Å²) in [5.74, 6) is -0.167. The largest absolute Gasteiger partial charge is 0.459 e. The molecule has 1 aromatic rings. The maximum absolute atomic E-state index is 12.0. The lowest BCUT2D eigenvalue weighted by molar-refractivity contribution is 0.0378. The smallest absolute Gasteiger partial charge is 0.339 e. The number of carbonyl (C=O) groups excluding carboxylic acids is 2. The van der Waals surface area contributed by atoms with Crippen molar-refractivity contribution >= 4 is 29.3 Å². The van der Waals surface area contributed by atoms with Crippen molar-refractivity contribution < 1.29 is 19.1 Å². The number of halogens is 1. The molecule has 1 atom stereocenters. The third kappa shape index (κ3) is 5.41. The molecule has 0 unspecified atom stereocenters. The highest BCUT2D eigenvalue weighted by Gasteiger charge is 2.17. The summed E-state index contributed by atoms with van der Waals surface area (Å²) < 4.78 is 10.4. The maximum Gasteiger partial charge on any atom is 0.339 e. The molecule has 0 saturated carbocycles. The number of rotatable bonds is 5. The van der Waals surface area contributed by atoms with Crippen LogP contribution >= 0.6 is 11.6 Å². The van der Waals surface area contributed by atoms with Gasteiger partial charge in [-0.25, -0.2) is 9.59 Å². The molecular weight excluding hydrogens is 320 g/mol. The molecular formula is C16H21ClN2O4. The summed E-state index contributed by atoms with van der Waals surface area (Å²) in [5, 5.41) is 5.76. The van der Waals surface area contributed by atoms with E-state index in [1.165, 1.54) is 6.07 Å². The van der Waals surface area contributed by atoms with Crippen molar-refractivity contribution in [3.05, 3.63) is 28.8 Å². The van der Waals surface area contributed by atoms with Gasteiger partial charge in [-0.15, -0.1) is 0 Å². The zero-order valence-electron chi connectivity index (χ0n) is 13.2. The average Bonchev–Trinajstić information content (AvgIpc) is 2.99. The molecule has 0 bridgehead atoms. The van der Waals surface area contributed by atoms with E-state index in [0.29, 0.717) is 24.8 Å². The van der Waals surface area contributed by atoms with E-state index in [-0.39, 0.29) is 22.7 Å². The van der Waals surface area contributed by atoms with Crippen LogP contribution in [0.15, 0.2) is 18.2 Å². The minimum Gasteiger partial charge on any atom is -0.459 e. The van der Waals surface area contributed by atoms with E-state index in [2.05, 4.69) is 10.6 Å². The number of ether oxygens (including phenoxy) is 2. The van der Waals surface area contributed by atoms with E-state index in [9.17, 15) is 9.59 Å². The Morgan fingerprint density at radius 1 is 1.43 bits per heavy atom. The highest BCUT2D eigenvalue weighted by molar-refractivity contribution is 6.33. The molecule has 7 heteroatoms. The second-order valence-electron chi connectivity index (χ2n) is 5.71. The number of hydrogen-bond donors (Lipinski definition) is 2. The quantitative estimate of drug-likeness (QED) is 0.808. The zero-order valence-corrected chi connectivity index (χ0v) is 14.0. The summed E-state index contributed by atoms with van der Waals surface area (Å²) >= 11 is 6.02. The lowest BCUT2D eigenvalue weighted by Crippen LogP contribution is -2.33. The molecule has 6 nitrogen and oxygen atoms in total. The summed E-state index contributed by atoms with van der Waals surface area (Å²) in [7, 11) is 0. The van der Waals surface area contributed by atoms with Crippen LogP contribution in [0, 0.1) is 5.92 Å². The molecule has 2 rings (SSSR count). The summed E-state index contributed by atoms with van der Waals surface area (Å²) in [6.45, 7) is 5.49. The van der Waals surface area contributed by atoms with Gasteiger partial charge in [-0.3, -0.25) is 0 Å². The van der Waals surface area contributed by atoms with E-state index in [1.54, 1.807) is 26.0 Å². The summed E-state index contributed by atoms with van der Waals surface area (Å²) in [6.07, 6.45) is 0.707. The Hall–Kier alpha value is -1.79. The van der Waals surface area contributed by atoms with Gasteiger partial charge in [-0.05, 0) is 38.5 Å². The van der Waals surface area contributed by atoms with E-state index in [4.69, 9.17) is 21.1 Å². The summed E-state index contributed by atoms with van der Waals surface area (Å²) in [6, 6.07) is 4.36. The van der Waals surface area contributed by atoms with Crippen molar-refractivity contribution in [3.8, 4) is 0 Å². The van der Waals surface area contributed by atoms with E-state index >= 15 is 0 Å². The molecule has 1 fully saturated rings. The van der Waals surface area contributed by atoms with Crippen LogP contribution < -0.4 is 10.6 Å². The fraction of sp³-hybridized carbons (Fsp3) is 0.500. The number of urea groups is 1. The van der Waals surface area contributed by atoms with Crippen molar-refractivity contribution in [2.24, 2.45) is 5.92 Å². The normalized spacial score (nSPS) is 17.1. The van der Waals surface area contributed by atoms with Gasteiger partial charge in [0.2, 0.25) is 0 Å². The van der Waals surface area contributed by atoms with Crippen LogP contribution in [-0.2, 0) is 9.47 Å². The van der Waals surface area contributed by atoms with Crippen molar-refractivity contribution in [3.63, 3.8) is 0 Å². The Labute approximate surface area is 140 Å². The van der Waals surface area contributed by atoms with E-state index in [1.807, 2.05) is 0 Å². The molecule has 126 valence electrons. The van der Waals surface area contributed by atoms with Crippen LogP contribution in [0.3, 0.4) is 0 Å². The Kier molecular flexibility index (Phi) is 6.24. The number of benzene rings is 1. The van der Waals surface area contributed by atoms with Crippen LogP contribution in [0.5, 0.6) is 0 Å². The second-order valence-corrected chi connectivity index (χ2v) is 6.12. The van der Waals surface area contributed by atoms with Gasteiger partial charge in [-0.2, -0.15) is 0 Å². The molecule has 1 aromatic carbocycles. The van der Waals surface area contributed by atoms with Gasteiger partial charge < -0.3 is 20.1 Å². The number of amides is 2. The molecule has 1 saturated heterocycles.